The second-order valence-corrected chi connectivity index (χ2v) is 3.46. The van der Waals surface area contributed by atoms with Crippen LogP contribution in [0.15, 0.2) is 0 Å². The van der Waals surface area contributed by atoms with Crippen molar-refractivity contribution in [3.05, 3.63) is 0 Å². The van der Waals surface area contributed by atoms with E-state index in [1.807, 2.05) is 0 Å². The molecule has 1 heterocycles. The molecule has 2 heteroatoms. The van der Waals surface area contributed by atoms with Crippen LogP contribution >= 0.6 is 0 Å². The highest BCUT2D eigenvalue weighted by atomic mass is 15.0. The maximum Gasteiger partial charge on any atom is 0.0148 e. The lowest BCUT2D eigenvalue weighted by molar-refractivity contribution is 0.408. The molecule has 2 aliphatic rings. The highest BCUT2D eigenvalue weighted by molar-refractivity contribution is 5.82. The smallest absolute Gasteiger partial charge is 0.0148 e. The Bertz CT molecular complexity index is 153. The van der Waals surface area contributed by atoms with Gasteiger partial charge in [0.1, 0.15) is 0 Å². The van der Waals surface area contributed by atoms with Crippen molar-refractivity contribution in [3.8, 4) is 0 Å². The van der Waals surface area contributed by atoms with Crippen molar-refractivity contribution >= 4 is 5.71 Å². The van der Waals surface area contributed by atoms with Gasteiger partial charge in [-0.15, -0.1) is 0 Å². The van der Waals surface area contributed by atoms with Crippen molar-refractivity contribution in [1.29, 1.82) is 5.41 Å². The van der Waals surface area contributed by atoms with Gasteiger partial charge in [-0.05, 0) is 31.7 Å². The van der Waals surface area contributed by atoms with Crippen LogP contribution < -0.4 is 5.32 Å². The summed E-state index contributed by atoms with van der Waals surface area (Å²) in [6.07, 6.45) is 4.68. The Morgan fingerprint density at radius 2 is 2.30 bits per heavy atom. The first-order valence-corrected chi connectivity index (χ1v) is 4.16. The molecule has 0 radical (unpaired) electrons. The van der Waals surface area contributed by atoms with E-state index in [1.54, 1.807) is 0 Å². The molecule has 1 aliphatic carbocycles. The molecule has 2 N–H and O–H groups in total. The molecule has 1 saturated carbocycles. The molecule has 2 nitrogen and oxygen atoms in total. The summed E-state index contributed by atoms with van der Waals surface area (Å²) in [6, 6.07) is 0.668. The number of hydrogen-bond donors (Lipinski definition) is 2. The predicted molar refractivity (Wildman–Crippen MR) is 41.5 cm³/mol. The molecule has 2 fully saturated rings. The SMILES string of the molecule is N=C1CCC2CCNC2C1. The van der Waals surface area contributed by atoms with Gasteiger partial charge in [0.25, 0.3) is 0 Å². The van der Waals surface area contributed by atoms with Gasteiger partial charge in [-0.25, -0.2) is 0 Å². The summed E-state index contributed by atoms with van der Waals surface area (Å²) in [5, 5.41) is 10.9. The second-order valence-electron chi connectivity index (χ2n) is 3.46. The van der Waals surface area contributed by atoms with E-state index >= 15 is 0 Å². The highest BCUT2D eigenvalue weighted by Crippen LogP contribution is 2.28. The summed E-state index contributed by atoms with van der Waals surface area (Å²) >= 11 is 0. The standard InChI is InChI=1S/C8H14N2/c9-7-2-1-6-3-4-10-8(6)5-7/h6,8-10H,1-5H2. The highest BCUT2D eigenvalue weighted by Gasteiger charge is 2.30. The minimum atomic E-state index is 0.668. The Labute approximate surface area is 61.5 Å². The van der Waals surface area contributed by atoms with E-state index in [0.717, 1.165) is 24.5 Å². The van der Waals surface area contributed by atoms with Crippen LogP contribution in [0.1, 0.15) is 25.7 Å². The van der Waals surface area contributed by atoms with E-state index in [0.29, 0.717) is 6.04 Å². The lowest BCUT2D eigenvalue weighted by atomic mass is 9.84. The normalized spacial score (nSPS) is 39.8. The number of nitrogens with one attached hydrogen (secondary N) is 2. The van der Waals surface area contributed by atoms with E-state index in [4.69, 9.17) is 5.41 Å². The van der Waals surface area contributed by atoms with Gasteiger partial charge in [-0.2, -0.15) is 0 Å². The Hall–Kier alpha value is -0.370. The Morgan fingerprint density at radius 1 is 1.40 bits per heavy atom. The molecule has 0 aromatic rings. The lowest BCUT2D eigenvalue weighted by Gasteiger charge is -2.25. The van der Waals surface area contributed by atoms with Gasteiger partial charge in [0.15, 0.2) is 0 Å². The number of fused-ring (bicyclic) bond motifs is 1. The molecular weight excluding hydrogens is 124 g/mol. The van der Waals surface area contributed by atoms with Gasteiger partial charge in [0.2, 0.25) is 0 Å². The first kappa shape index (κ1) is 6.35. The molecule has 0 aromatic heterocycles. The van der Waals surface area contributed by atoms with E-state index in [9.17, 15) is 0 Å². The minimum Gasteiger partial charge on any atom is -0.313 e. The lowest BCUT2D eigenvalue weighted by Crippen LogP contribution is -2.33. The van der Waals surface area contributed by atoms with Gasteiger partial charge < -0.3 is 10.7 Å². The van der Waals surface area contributed by atoms with Gasteiger partial charge >= 0.3 is 0 Å². The van der Waals surface area contributed by atoms with Crippen LogP contribution in [0, 0.1) is 11.3 Å². The Balaban J connectivity index is 2.03. The maximum atomic E-state index is 7.50. The van der Waals surface area contributed by atoms with Gasteiger partial charge in [0.05, 0.1) is 0 Å². The van der Waals surface area contributed by atoms with Crippen molar-refractivity contribution < 1.29 is 0 Å². The van der Waals surface area contributed by atoms with Gasteiger partial charge in [-0.3, -0.25) is 0 Å². The summed E-state index contributed by atoms with van der Waals surface area (Å²) in [5.41, 5.74) is 0.954. The topological polar surface area (TPSA) is 35.9 Å². The van der Waals surface area contributed by atoms with Gasteiger partial charge in [0, 0.05) is 18.2 Å². The minimum absolute atomic E-state index is 0.668. The molecule has 0 amide bonds. The summed E-state index contributed by atoms with van der Waals surface area (Å²) in [7, 11) is 0. The van der Waals surface area contributed by atoms with E-state index in [1.165, 1.54) is 19.4 Å². The van der Waals surface area contributed by atoms with E-state index in [-0.39, 0.29) is 0 Å². The molecule has 1 aliphatic heterocycles. The average Bonchev–Trinajstić information content (AvgIpc) is 2.33. The third-order valence-corrected chi connectivity index (χ3v) is 2.77. The molecule has 0 aromatic carbocycles. The molecule has 10 heavy (non-hydrogen) atoms. The van der Waals surface area contributed by atoms with E-state index in [2.05, 4.69) is 5.32 Å². The van der Waals surface area contributed by atoms with E-state index < -0.39 is 0 Å². The molecule has 2 rings (SSSR count). The van der Waals surface area contributed by atoms with Crippen molar-refractivity contribution in [2.45, 2.75) is 31.7 Å². The van der Waals surface area contributed by atoms with Gasteiger partial charge in [-0.1, -0.05) is 0 Å². The third-order valence-electron chi connectivity index (χ3n) is 2.77. The van der Waals surface area contributed by atoms with Crippen LogP contribution in [0.2, 0.25) is 0 Å². The zero-order chi connectivity index (χ0) is 6.97. The van der Waals surface area contributed by atoms with Crippen molar-refractivity contribution in [1.82, 2.24) is 5.32 Å². The van der Waals surface area contributed by atoms with Crippen molar-refractivity contribution in [2.24, 2.45) is 5.92 Å². The quantitative estimate of drug-likeness (QED) is 0.518. The molecular formula is C8H14N2. The molecule has 0 bridgehead atoms. The molecule has 0 spiro atoms. The van der Waals surface area contributed by atoms with Crippen LogP contribution in [-0.4, -0.2) is 18.3 Å². The second kappa shape index (κ2) is 2.35. The predicted octanol–water partition coefficient (Wildman–Crippen LogP) is 1.17. The monoisotopic (exact) mass is 138 g/mol. The molecule has 1 saturated heterocycles. The number of rotatable bonds is 0. The average molecular weight is 138 g/mol. The van der Waals surface area contributed by atoms with Crippen LogP contribution in [0.3, 0.4) is 0 Å². The Kier molecular flexibility index (Phi) is 1.49. The van der Waals surface area contributed by atoms with Crippen LogP contribution in [0.4, 0.5) is 0 Å². The Morgan fingerprint density at radius 3 is 3.20 bits per heavy atom. The van der Waals surface area contributed by atoms with Crippen molar-refractivity contribution in [3.63, 3.8) is 0 Å². The zero-order valence-corrected chi connectivity index (χ0v) is 6.19. The van der Waals surface area contributed by atoms with Crippen LogP contribution in [-0.2, 0) is 0 Å². The summed E-state index contributed by atoms with van der Waals surface area (Å²) in [6.45, 7) is 1.18. The maximum absolute atomic E-state index is 7.50. The summed E-state index contributed by atoms with van der Waals surface area (Å²) in [5.74, 6) is 0.897. The summed E-state index contributed by atoms with van der Waals surface area (Å²) < 4.78 is 0. The van der Waals surface area contributed by atoms with Crippen molar-refractivity contribution in [2.75, 3.05) is 6.54 Å². The third kappa shape index (κ3) is 0.966. The first-order valence-electron chi connectivity index (χ1n) is 4.16. The molecule has 2 unspecified atom stereocenters. The zero-order valence-electron chi connectivity index (χ0n) is 6.19. The first-order chi connectivity index (χ1) is 4.86. The van der Waals surface area contributed by atoms with Crippen LogP contribution in [0.25, 0.3) is 0 Å². The fourth-order valence-electron chi connectivity index (χ4n) is 2.13. The van der Waals surface area contributed by atoms with Crippen LogP contribution in [0.5, 0.6) is 0 Å². The largest absolute Gasteiger partial charge is 0.313 e. The fourth-order valence-corrected chi connectivity index (χ4v) is 2.13. The molecule has 2 atom stereocenters. The molecule has 56 valence electrons. The summed E-state index contributed by atoms with van der Waals surface area (Å²) in [4.78, 5) is 0. The fraction of sp³-hybridized carbons (Fsp3) is 0.875. The number of hydrogen-bond acceptors (Lipinski definition) is 2.